The van der Waals surface area contributed by atoms with Crippen LogP contribution < -0.4 is 14.5 Å². The van der Waals surface area contributed by atoms with Crippen molar-refractivity contribution in [2.24, 2.45) is 0 Å². The van der Waals surface area contributed by atoms with Crippen molar-refractivity contribution in [2.75, 3.05) is 63.2 Å². The van der Waals surface area contributed by atoms with E-state index in [-0.39, 0.29) is 38.1 Å². The molecular weight excluding hydrogens is 659 g/mol. The van der Waals surface area contributed by atoms with E-state index in [1.807, 2.05) is 72.6 Å². The Morgan fingerprint density at radius 1 is 1.00 bits per heavy atom. The van der Waals surface area contributed by atoms with Crippen molar-refractivity contribution in [3.63, 3.8) is 0 Å². The SMILES string of the molecule is CO[C@@H]1CN(C)C[C@H]1Oc1nc2c(c(N3CCN(C(=O)OCc4ccccc4)C(CC#N)C3)c1F)CCN(c1cccc3cccc(Cl)c13)C2. The van der Waals surface area contributed by atoms with Gasteiger partial charge in [0.15, 0.2) is 0 Å². The fourth-order valence-corrected chi connectivity index (χ4v) is 7.73. The van der Waals surface area contributed by atoms with Crippen LogP contribution in [0.15, 0.2) is 66.7 Å². The van der Waals surface area contributed by atoms with Gasteiger partial charge >= 0.3 is 6.09 Å². The molecule has 4 heterocycles. The molecule has 10 nitrogen and oxygen atoms in total. The van der Waals surface area contributed by atoms with Crippen LogP contribution in [-0.4, -0.2) is 92.6 Å². The minimum absolute atomic E-state index is 0.0690. The van der Waals surface area contributed by atoms with Crippen molar-refractivity contribution in [1.29, 1.82) is 5.26 Å². The van der Waals surface area contributed by atoms with Gasteiger partial charge in [-0.3, -0.25) is 4.90 Å². The lowest BCUT2D eigenvalue weighted by molar-refractivity contribution is 0.0301. The first-order valence-electron chi connectivity index (χ1n) is 16.9. The summed E-state index contributed by atoms with van der Waals surface area (Å²) >= 11 is 6.72. The number of methoxy groups -OCH3 is 1. The van der Waals surface area contributed by atoms with Gasteiger partial charge in [-0.05, 0) is 36.6 Å². The maximum absolute atomic E-state index is 16.9. The standard InChI is InChI=1S/C38H40ClFN6O4/c1-43-22-32(48-2)33(23-43)50-37-35(40)36(45-18-19-46(27(20-45)14-16-41)38(47)49-24-25-8-4-3-5-9-25)28-15-17-44(21-30(28)42-37)31-13-7-11-26-10-6-12-29(39)34(26)31/h3-13,27,32-33H,14-15,17-24H2,1-2H3/t27?,32-,33-/m1/s1. The Morgan fingerprint density at radius 2 is 1.78 bits per heavy atom. The number of hydrogen-bond acceptors (Lipinski definition) is 9. The number of carbonyl (C=O) groups excluding carboxylic acids is 1. The van der Waals surface area contributed by atoms with Crippen LogP contribution >= 0.6 is 11.6 Å². The summed E-state index contributed by atoms with van der Waals surface area (Å²) in [6.45, 7) is 3.29. The quantitative estimate of drug-likeness (QED) is 0.218. The third kappa shape index (κ3) is 6.75. The second kappa shape index (κ2) is 14.7. The molecule has 0 spiro atoms. The maximum Gasteiger partial charge on any atom is 0.410 e. The van der Waals surface area contributed by atoms with Gasteiger partial charge in [-0.15, -0.1) is 0 Å². The van der Waals surface area contributed by atoms with E-state index in [0.717, 1.165) is 27.6 Å². The van der Waals surface area contributed by atoms with Gasteiger partial charge in [0.05, 0.1) is 41.5 Å². The fraction of sp³-hybridized carbons (Fsp3) is 0.395. The van der Waals surface area contributed by atoms with Crippen molar-refractivity contribution in [1.82, 2.24) is 14.8 Å². The molecule has 0 bridgehead atoms. The summed E-state index contributed by atoms with van der Waals surface area (Å²) in [4.78, 5) is 26.0. The zero-order valence-electron chi connectivity index (χ0n) is 28.2. The normalized spacial score (nSPS) is 20.9. The van der Waals surface area contributed by atoms with E-state index in [9.17, 15) is 10.1 Å². The molecule has 1 unspecified atom stereocenters. The lowest BCUT2D eigenvalue weighted by Crippen LogP contribution is -2.55. The number of halogens is 2. The second-order valence-corrected chi connectivity index (χ2v) is 13.5. The fourth-order valence-electron chi connectivity index (χ4n) is 7.45. The number of fused-ring (bicyclic) bond motifs is 2. The molecule has 7 rings (SSSR count). The number of hydrogen-bond donors (Lipinski definition) is 0. The van der Waals surface area contributed by atoms with Crippen LogP contribution in [0.1, 0.15) is 23.2 Å². The van der Waals surface area contributed by atoms with Crippen molar-refractivity contribution in [3.8, 4) is 11.9 Å². The molecule has 3 aromatic carbocycles. The molecule has 1 amide bonds. The molecule has 2 fully saturated rings. The van der Waals surface area contributed by atoms with Gasteiger partial charge in [0, 0.05) is 63.0 Å². The number of amides is 1. The summed E-state index contributed by atoms with van der Waals surface area (Å²) in [5.74, 6) is -0.606. The Balaban J connectivity index is 1.21. The molecule has 260 valence electrons. The average Bonchev–Trinajstić information content (AvgIpc) is 3.49. The molecule has 0 aliphatic carbocycles. The Bertz CT molecular complexity index is 1900. The molecule has 2 saturated heterocycles. The third-order valence-corrected chi connectivity index (χ3v) is 10.3. The summed E-state index contributed by atoms with van der Waals surface area (Å²) in [7, 11) is 3.61. The van der Waals surface area contributed by atoms with E-state index in [4.69, 9.17) is 30.8 Å². The number of ether oxygens (including phenoxy) is 3. The van der Waals surface area contributed by atoms with E-state index in [2.05, 4.69) is 21.9 Å². The number of rotatable bonds is 8. The molecule has 4 aromatic rings. The number of piperazine rings is 1. The Labute approximate surface area is 296 Å². The molecule has 0 N–H and O–H groups in total. The van der Waals surface area contributed by atoms with Crippen molar-refractivity contribution >= 4 is 39.8 Å². The topological polar surface area (TPSA) is 94.4 Å². The van der Waals surface area contributed by atoms with E-state index < -0.39 is 24.1 Å². The first kappa shape index (κ1) is 33.8. The highest BCUT2D eigenvalue weighted by molar-refractivity contribution is 6.36. The van der Waals surface area contributed by atoms with Gasteiger partial charge in [-0.25, -0.2) is 9.78 Å². The van der Waals surface area contributed by atoms with Crippen LogP contribution in [-0.2, 0) is 29.0 Å². The third-order valence-electron chi connectivity index (χ3n) is 9.94. The van der Waals surface area contributed by atoms with Crippen LogP contribution in [0.3, 0.4) is 0 Å². The number of aromatic nitrogens is 1. The van der Waals surface area contributed by atoms with Crippen LogP contribution in [0.4, 0.5) is 20.6 Å². The van der Waals surface area contributed by atoms with Gasteiger partial charge in [-0.2, -0.15) is 9.65 Å². The Morgan fingerprint density at radius 3 is 2.56 bits per heavy atom. The minimum atomic E-state index is -0.536. The van der Waals surface area contributed by atoms with Crippen LogP contribution in [0.25, 0.3) is 10.8 Å². The highest BCUT2D eigenvalue weighted by Crippen LogP contribution is 2.40. The average molecular weight is 699 g/mol. The van der Waals surface area contributed by atoms with Gasteiger partial charge < -0.3 is 28.9 Å². The van der Waals surface area contributed by atoms with E-state index in [0.29, 0.717) is 55.5 Å². The molecule has 50 heavy (non-hydrogen) atoms. The zero-order chi connectivity index (χ0) is 34.8. The maximum atomic E-state index is 16.9. The summed E-state index contributed by atoms with van der Waals surface area (Å²) < 4.78 is 34.6. The number of likely N-dealkylation sites (N-methyl/N-ethyl adjacent to an activating group) is 1. The molecule has 0 saturated carbocycles. The molecule has 0 radical (unpaired) electrons. The number of anilines is 2. The highest BCUT2D eigenvalue weighted by Gasteiger charge is 2.38. The van der Waals surface area contributed by atoms with Crippen molar-refractivity contribution < 1.29 is 23.4 Å². The Kier molecular flexibility index (Phi) is 9.95. The molecular formula is C38H40ClFN6O4. The summed E-state index contributed by atoms with van der Waals surface area (Å²) in [6.07, 6.45) is -0.521. The molecule has 3 aliphatic heterocycles. The number of likely N-dealkylation sites (tertiary alicyclic amines) is 1. The molecule has 3 aliphatic rings. The summed E-state index contributed by atoms with van der Waals surface area (Å²) in [5.41, 5.74) is 3.80. The monoisotopic (exact) mass is 698 g/mol. The number of benzene rings is 3. The van der Waals surface area contributed by atoms with Crippen LogP contribution in [0.2, 0.25) is 5.02 Å². The summed E-state index contributed by atoms with van der Waals surface area (Å²) in [5, 5.41) is 12.4. The van der Waals surface area contributed by atoms with Crippen molar-refractivity contribution in [3.05, 3.63) is 94.4 Å². The van der Waals surface area contributed by atoms with Crippen LogP contribution in [0.5, 0.6) is 5.88 Å². The lowest BCUT2D eigenvalue weighted by Gasteiger charge is -2.42. The first-order chi connectivity index (χ1) is 24.3. The largest absolute Gasteiger partial charge is 0.468 e. The smallest absolute Gasteiger partial charge is 0.410 e. The van der Waals surface area contributed by atoms with Gasteiger partial charge in [0.1, 0.15) is 18.8 Å². The number of nitriles is 1. The lowest BCUT2D eigenvalue weighted by atomic mass is 9.98. The van der Waals surface area contributed by atoms with Crippen molar-refractivity contribution in [2.45, 2.75) is 44.2 Å². The van der Waals surface area contributed by atoms with Gasteiger partial charge in [-0.1, -0.05) is 66.2 Å². The number of pyridine rings is 1. The van der Waals surface area contributed by atoms with Crippen LogP contribution in [0, 0.1) is 17.1 Å². The first-order valence-corrected chi connectivity index (χ1v) is 17.3. The van der Waals surface area contributed by atoms with E-state index in [1.54, 1.807) is 12.0 Å². The molecule has 3 atom stereocenters. The molecule has 1 aromatic heterocycles. The molecule has 12 heteroatoms. The second-order valence-electron chi connectivity index (χ2n) is 13.1. The highest BCUT2D eigenvalue weighted by atomic mass is 35.5. The predicted molar refractivity (Wildman–Crippen MR) is 190 cm³/mol. The van der Waals surface area contributed by atoms with Gasteiger partial charge in [0.25, 0.3) is 5.88 Å². The predicted octanol–water partition coefficient (Wildman–Crippen LogP) is 6.04. The zero-order valence-corrected chi connectivity index (χ0v) is 29.0. The van der Waals surface area contributed by atoms with E-state index >= 15 is 4.39 Å². The minimum Gasteiger partial charge on any atom is -0.468 e. The van der Waals surface area contributed by atoms with E-state index in [1.165, 1.54) is 0 Å². The number of nitrogens with zero attached hydrogens (tertiary/aromatic N) is 6. The van der Waals surface area contributed by atoms with Gasteiger partial charge in [0.2, 0.25) is 5.82 Å². The Hall–Kier alpha value is -4.63. The summed E-state index contributed by atoms with van der Waals surface area (Å²) in [6, 6.07) is 23.2. The number of carbonyl (C=O) groups is 1.